The predicted octanol–water partition coefficient (Wildman–Crippen LogP) is 3.16. The van der Waals surface area contributed by atoms with Crippen LogP contribution in [0.2, 0.25) is 5.02 Å². The average molecular weight is 278 g/mol. The van der Waals surface area contributed by atoms with Gasteiger partial charge in [-0.15, -0.1) is 0 Å². The summed E-state index contributed by atoms with van der Waals surface area (Å²) in [7, 11) is 1.64. The first-order valence-corrected chi connectivity index (χ1v) is 6.43. The highest BCUT2D eigenvalue weighted by atomic mass is 35.5. The maximum atomic E-state index is 10.4. The maximum absolute atomic E-state index is 10.4. The van der Waals surface area contributed by atoms with Crippen molar-refractivity contribution in [1.82, 2.24) is 4.98 Å². The Balaban J connectivity index is 2.20. The molecule has 1 heterocycles. The van der Waals surface area contributed by atoms with E-state index in [1.54, 1.807) is 19.5 Å². The molecule has 1 atom stereocenters. The number of nitrogens with zero attached hydrogens (tertiary/aromatic N) is 1. The normalized spacial score (nSPS) is 12.4. The van der Waals surface area contributed by atoms with E-state index in [4.69, 9.17) is 16.3 Å². The van der Waals surface area contributed by atoms with Crippen molar-refractivity contribution in [2.24, 2.45) is 0 Å². The molecule has 2 rings (SSSR count). The molecule has 1 unspecified atom stereocenters. The molecule has 0 amide bonds. The fourth-order valence-electron chi connectivity index (χ4n) is 2.03. The molecule has 0 fully saturated rings. The molecule has 19 heavy (non-hydrogen) atoms. The van der Waals surface area contributed by atoms with E-state index in [1.165, 1.54) is 0 Å². The zero-order chi connectivity index (χ0) is 13.7. The van der Waals surface area contributed by atoms with Gasteiger partial charge in [-0.25, -0.2) is 0 Å². The van der Waals surface area contributed by atoms with Gasteiger partial charge in [0.1, 0.15) is 0 Å². The molecule has 0 spiro atoms. The molecule has 2 aromatic rings. The van der Waals surface area contributed by atoms with E-state index in [1.807, 2.05) is 30.3 Å². The summed E-state index contributed by atoms with van der Waals surface area (Å²) in [6, 6.07) is 9.53. The number of rotatable bonds is 5. The first kappa shape index (κ1) is 14.0. The van der Waals surface area contributed by atoms with Gasteiger partial charge in [-0.3, -0.25) is 4.98 Å². The highest BCUT2D eigenvalue weighted by Crippen LogP contribution is 2.25. The van der Waals surface area contributed by atoms with Crippen molar-refractivity contribution in [3.05, 3.63) is 64.4 Å². The standard InChI is InChI=1S/C15H16ClNO2/c1-19-10-12-4-2-3-5-13(12)15(18)8-11-6-7-17-9-14(11)16/h2-7,9,15,18H,8,10H2,1H3. The summed E-state index contributed by atoms with van der Waals surface area (Å²) in [5.41, 5.74) is 2.75. The highest BCUT2D eigenvalue weighted by Gasteiger charge is 2.14. The lowest BCUT2D eigenvalue weighted by molar-refractivity contribution is 0.161. The van der Waals surface area contributed by atoms with Crippen LogP contribution < -0.4 is 0 Å². The Morgan fingerprint density at radius 3 is 2.79 bits per heavy atom. The summed E-state index contributed by atoms with van der Waals surface area (Å²) < 4.78 is 5.15. The Morgan fingerprint density at radius 2 is 2.05 bits per heavy atom. The summed E-state index contributed by atoms with van der Waals surface area (Å²) in [5, 5.41) is 10.9. The zero-order valence-corrected chi connectivity index (χ0v) is 11.5. The number of ether oxygens (including phenoxy) is 1. The van der Waals surface area contributed by atoms with E-state index in [9.17, 15) is 5.11 Å². The molecule has 3 nitrogen and oxygen atoms in total. The fraction of sp³-hybridized carbons (Fsp3) is 0.267. The number of halogens is 1. The van der Waals surface area contributed by atoms with E-state index in [2.05, 4.69) is 4.98 Å². The Morgan fingerprint density at radius 1 is 1.26 bits per heavy atom. The molecule has 0 aliphatic carbocycles. The third-order valence-corrected chi connectivity index (χ3v) is 3.32. The minimum Gasteiger partial charge on any atom is -0.388 e. The molecule has 0 radical (unpaired) electrons. The van der Waals surface area contributed by atoms with Gasteiger partial charge in [0.15, 0.2) is 0 Å². The SMILES string of the molecule is COCc1ccccc1C(O)Cc1ccncc1Cl. The van der Waals surface area contributed by atoms with E-state index in [0.717, 1.165) is 16.7 Å². The quantitative estimate of drug-likeness (QED) is 0.913. The number of hydrogen-bond donors (Lipinski definition) is 1. The second-order valence-electron chi connectivity index (χ2n) is 4.32. The Labute approximate surface area is 117 Å². The van der Waals surface area contributed by atoms with Crippen LogP contribution in [-0.2, 0) is 17.8 Å². The van der Waals surface area contributed by atoms with Crippen LogP contribution >= 0.6 is 11.6 Å². The number of methoxy groups -OCH3 is 1. The van der Waals surface area contributed by atoms with Gasteiger partial charge < -0.3 is 9.84 Å². The topological polar surface area (TPSA) is 42.4 Å². The van der Waals surface area contributed by atoms with Crippen molar-refractivity contribution in [2.45, 2.75) is 19.1 Å². The summed E-state index contributed by atoms with van der Waals surface area (Å²) in [6.07, 6.45) is 3.12. The van der Waals surface area contributed by atoms with E-state index < -0.39 is 6.10 Å². The average Bonchev–Trinajstić information content (AvgIpc) is 2.42. The number of hydrogen-bond acceptors (Lipinski definition) is 3. The highest BCUT2D eigenvalue weighted by molar-refractivity contribution is 6.31. The van der Waals surface area contributed by atoms with E-state index in [0.29, 0.717) is 18.1 Å². The molecule has 1 aromatic heterocycles. The summed E-state index contributed by atoms with van der Waals surface area (Å²) in [4.78, 5) is 3.94. The summed E-state index contributed by atoms with van der Waals surface area (Å²) >= 11 is 6.06. The van der Waals surface area contributed by atoms with Gasteiger partial charge in [-0.05, 0) is 22.8 Å². The number of aliphatic hydroxyl groups is 1. The molecule has 0 saturated heterocycles. The molecule has 1 aromatic carbocycles. The van der Waals surface area contributed by atoms with Crippen molar-refractivity contribution >= 4 is 11.6 Å². The van der Waals surface area contributed by atoms with Gasteiger partial charge >= 0.3 is 0 Å². The van der Waals surface area contributed by atoms with Crippen molar-refractivity contribution in [3.63, 3.8) is 0 Å². The maximum Gasteiger partial charge on any atom is 0.0834 e. The first-order chi connectivity index (χ1) is 9.22. The Kier molecular flexibility index (Phi) is 4.91. The number of aliphatic hydroxyl groups excluding tert-OH is 1. The van der Waals surface area contributed by atoms with Gasteiger partial charge in [0.25, 0.3) is 0 Å². The van der Waals surface area contributed by atoms with Crippen LogP contribution in [-0.4, -0.2) is 17.2 Å². The molecule has 4 heteroatoms. The largest absolute Gasteiger partial charge is 0.388 e. The van der Waals surface area contributed by atoms with E-state index in [-0.39, 0.29) is 0 Å². The van der Waals surface area contributed by atoms with Gasteiger partial charge in [0.05, 0.1) is 17.7 Å². The third kappa shape index (κ3) is 3.53. The third-order valence-electron chi connectivity index (χ3n) is 2.98. The van der Waals surface area contributed by atoms with E-state index >= 15 is 0 Å². The van der Waals surface area contributed by atoms with Crippen molar-refractivity contribution in [1.29, 1.82) is 0 Å². The molecule has 0 saturated carbocycles. The van der Waals surface area contributed by atoms with Crippen LogP contribution in [0.1, 0.15) is 22.8 Å². The van der Waals surface area contributed by atoms with Crippen LogP contribution in [0, 0.1) is 0 Å². The van der Waals surface area contributed by atoms with Crippen LogP contribution in [0.4, 0.5) is 0 Å². The smallest absolute Gasteiger partial charge is 0.0834 e. The Bertz CT molecular complexity index is 545. The summed E-state index contributed by atoms with van der Waals surface area (Å²) in [6.45, 7) is 0.483. The van der Waals surface area contributed by atoms with Crippen molar-refractivity contribution in [3.8, 4) is 0 Å². The van der Waals surface area contributed by atoms with Crippen molar-refractivity contribution in [2.75, 3.05) is 7.11 Å². The second kappa shape index (κ2) is 6.66. The van der Waals surface area contributed by atoms with Gasteiger partial charge in [0, 0.05) is 25.9 Å². The first-order valence-electron chi connectivity index (χ1n) is 6.05. The lowest BCUT2D eigenvalue weighted by Crippen LogP contribution is -2.06. The van der Waals surface area contributed by atoms with Crippen LogP contribution in [0.5, 0.6) is 0 Å². The van der Waals surface area contributed by atoms with Crippen molar-refractivity contribution < 1.29 is 9.84 Å². The minimum atomic E-state index is -0.605. The van der Waals surface area contributed by atoms with Gasteiger partial charge in [0.2, 0.25) is 0 Å². The number of pyridine rings is 1. The summed E-state index contributed by atoms with van der Waals surface area (Å²) in [5.74, 6) is 0. The van der Waals surface area contributed by atoms with Gasteiger partial charge in [-0.1, -0.05) is 35.9 Å². The molecule has 0 aliphatic heterocycles. The lowest BCUT2D eigenvalue weighted by atomic mass is 9.98. The molecular weight excluding hydrogens is 262 g/mol. The molecule has 100 valence electrons. The van der Waals surface area contributed by atoms with Crippen LogP contribution in [0.15, 0.2) is 42.7 Å². The second-order valence-corrected chi connectivity index (χ2v) is 4.73. The number of aromatic nitrogens is 1. The van der Waals surface area contributed by atoms with Gasteiger partial charge in [-0.2, -0.15) is 0 Å². The van der Waals surface area contributed by atoms with Crippen LogP contribution in [0.3, 0.4) is 0 Å². The lowest BCUT2D eigenvalue weighted by Gasteiger charge is -2.15. The fourth-order valence-corrected chi connectivity index (χ4v) is 2.23. The zero-order valence-electron chi connectivity index (χ0n) is 10.7. The molecule has 0 bridgehead atoms. The van der Waals surface area contributed by atoms with Crippen LogP contribution in [0.25, 0.3) is 0 Å². The minimum absolute atomic E-state index is 0.460. The molecule has 0 aliphatic rings. The number of benzene rings is 1. The monoisotopic (exact) mass is 277 g/mol. The Hall–Kier alpha value is -1.42. The molecule has 1 N–H and O–H groups in total. The molecular formula is C15H16ClNO2. The predicted molar refractivity (Wildman–Crippen MR) is 75.1 cm³/mol.